The Labute approximate surface area is 150 Å². The van der Waals surface area contributed by atoms with E-state index in [9.17, 15) is 13.2 Å². The Morgan fingerprint density at radius 2 is 1.96 bits per heavy atom. The van der Waals surface area contributed by atoms with Gasteiger partial charge in [-0.15, -0.1) is 0 Å². The number of carbonyl (C=O) groups is 1. The zero-order valence-electron chi connectivity index (χ0n) is 15.2. The molecule has 1 amide bonds. The van der Waals surface area contributed by atoms with Gasteiger partial charge in [-0.2, -0.15) is 0 Å². The highest BCUT2D eigenvalue weighted by atomic mass is 32.2. The summed E-state index contributed by atoms with van der Waals surface area (Å²) in [7, 11) is -0.331. The standard InChI is InChI=1S/C18H28N2O4S/c1-14-7-9-16(10-8-14)20(2)18(21)15-5-4-6-17(13-15)25(22,23)19-11-12-24-3/h4-6,13-14,16,19H,7-12H2,1-3H3. The number of nitrogens with zero attached hydrogens (tertiary/aromatic N) is 1. The minimum absolute atomic E-state index is 0.0973. The number of hydrogen-bond acceptors (Lipinski definition) is 4. The number of hydrogen-bond donors (Lipinski definition) is 1. The molecule has 0 aromatic heterocycles. The average molecular weight is 368 g/mol. The molecule has 7 heteroatoms. The van der Waals surface area contributed by atoms with Crippen LogP contribution in [-0.4, -0.2) is 52.6 Å². The van der Waals surface area contributed by atoms with Crippen LogP contribution in [0.1, 0.15) is 43.0 Å². The summed E-state index contributed by atoms with van der Waals surface area (Å²) in [4.78, 5) is 14.6. The molecule has 0 atom stereocenters. The van der Waals surface area contributed by atoms with E-state index in [2.05, 4.69) is 11.6 Å². The zero-order chi connectivity index (χ0) is 18.4. The molecule has 2 rings (SSSR count). The molecule has 0 unspecified atom stereocenters. The molecule has 1 N–H and O–H groups in total. The molecule has 140 valence electrons. The van der Waals surface area contributed by atoms with Crippen LogP contribution < -0.4 is 4.72 Å². The predicted molar refractivity (Wildman–Crippen MR) is 97.0 cm³/mol. The first-order valence-corrected chi connectivity index (χ1v) is 10.2. The Kier molecular flexibility index (Phi) is 6.98. The van der Waals surface area contributed by atoms with E-state index < -0.39 is 10.0 Å². The third-order valence-electron chi connectivity index (χ3n) is 4.84. The van der Waals surface area contributed by atoms with Gasteiger partial charge in [0.15, 0.2) is 0 Å². The van der Waals surface area contributed by atoms with E-state index in [-0.39, 0.29) is 23.4 Å². The van der Waals surface area contributed by atoms with E-state index in [1.807, 2.05) is 0 Å². The Morgan fingerprint density at radius 1 is 1.28 bits per heavy atom. The van der Waals surface area contributed by atoms with Crippen molar-refractivity contribution in [1.82, 2.24) is 9.62 Å². The van der Waals surface area contributed by atoms with Gasteiger partial charge in [0.1, 0.15) is 0 Å². The van der Waals surface area contributed by atoms with Crippen molar-refractivity contribution in [3.05, 3.63) is 29.8 Å². The molecule has 1 aliphatic carbocycles. The molecule has 1 aliphatic rings. The summed E-state index contributed by atoms with van der Waals surface area (Å²) in [5, 5.41) is 0. The Bertz CT molecular complexity index is 682. The molecular formula is C18H28N2O4S. The predicted octanol–water partition coefficient (Wildman–Crippen LogP) is 2.26. The van der Waals surface area contributed by atoms with Gasteiger partial charge in [0.25, 0.3) is 5.91 Å². The molecule has 1 aromatic carbocycles. The first-order chi connectivity index (χ1) is 11.8. The molecule has 1 saturated carbocycles. The van der Waals surface area contributed by atoms with Crippen LogP contribution in [0.5, 0.6) is 0 Å². The fourth-order valence-corrected chi connectivity index (χ4v) is 4.22. The van der Waals surface area contributed by atoms with E-state index in [0.717, 1.165) is 25.7 Å². The molecule has 1 aromatic rings. The average Bonchev–Trinajstić information content (AvgIpc) is 2.61. The van der Waals surface area contributed by atoms with Crippen molar-refractivity contribution in [1.29, 1.82) is 0 Å². The van der Waals surface area contributed by atoms with Gasteiger partial charge in [-0.3, -0.25) is 4.79 Å². The molecule has 0 aliphatic heterocycles. The number of nitrogens with one attached hydrogen (secondary N) is 1. The van der Waals surface area contributed by atoms with Gasteiger partial charge < -0.3 is 9.64 Å². The Balaban J connectivity index is 2.10. The lowest BCUT2D eigenvalue weighted by Crippen LogP contribution is -2.39. The number of carbonyl (C=O) groups excluding carboxylic acids is 1. The molecule has 0 heterocycles. The van der Waals surface area contributed by atoms with E-state index >= 15 is 0 Å². The maximum atomic E-state index is 12.8. The van der Waals surface area contributed by atoms with Crippen LogP contribution in [0.15, 0.2) is 29.2 Å². The van der Waals surface area contributed by atoms with E-state index in [0.29, 0.717) is 18.1 Å². The van der Waals surface area contributed by atoms with Gasteiger partial charge in [0.05, 0.1) is 11.5 Å². The molecule has 0 bridgehead atoms. The minimum Gasteiger partial charge on any atom is -0.383 e. The molecule has 0 saturated heterocycles. The zero-order valence-corrected chi connectivity index (χ0v) is 16.0. The van der Waals surface area contributed by atoms with Crippen molar-refractivity contribution >= 4 is 15.9 Å². The third kappa shape index (κ3) is 5.26. The third-order valence-corrected chi connectivity index (χ3v) is 6.30. The smallest absolute Gasteiger partial charge is 0.253 e. The molecule has 0 radical (unpaired) electrons. The van der Waals surface area contributed by atoms with Gasteiger partial charge in [0.2, 0.25) is 10.0 Å². The second-order valence-electron chi connectivity index (χ2n) is 6.75. The van der Waals surface area contributed by atoms with Gasteiger partial charge in [-0.1, -0.05) is 13.0 Å². The van der Waals surface area contributed by atoms with Crippen LogP contribution in [0.2, 0.25) is 0 Å². The van der Waals surface area contributed by atoms with Crippen LogP contribution in [-0.2, 0) is 14.8 Å². The van der Waals surface area contributed by atoms with E-state index in [1.165, 1.54) is 19.2 Å². The van der Waals surface area contributed by atoms with Crippen molar-refractivity contribution < 1.29 is 17.9 Å². The molecule has 6 nitrogen and oxygen atoms in total. The summed E-state index contributed by atoms with van der Waals surface area (Å²) in [5.74, 6) is 0.583. The van der Waals surface area contributed by atoms with Gasteiger partial charge in [-0.05, 0) is 49.8 Å². The first kappa shape index (κ1) is 19.9. The maximum absolute atomic E-state index is 12.8. The fourth-order valence-electron chi connectivity index (χ4n) is 3.16. The van der Waals surface area contributed by atoms with Crippen molar-refractivity contribution in [2.45, 2.75) is 43.5 Å². The van der Waals surface area contributed by atoms with Crippen molar-refractivity contribution in [3.63, 3.8) is 0 Å². The van der Waals surface area contributed by atoms with E-state index in [1.54, 1.807) is 24.1 Å². The minimum atomic E-state index is -3.65. The van der Waals surface area contributed by atoms with Crippen molar-refractivity contribution in [3.8, 4) is 0 Å². The summed E-state index contributed by atoms with van der Waals surface area (Å²) in [5.41, 5.74) is 0.399. The second-order valence-corrected chi connectivity index (χ2v) is 8.52. The SMILES string of the molecule is COCCNS(=O)(=O)c1cccc(C(=O)N(C)C2CCC(C)CC2)c1. The quantitative estimate of drug-likeness (QED) is 0.749. The fraction of sp³-hybridized carbons (Fsp3) is 0.611. The normalized spacial score (nSPS) is 21.1. The second kappa shape index (κ2) is 8.78. The van der Waals surface area contributed by atoms with Crippen molar-refractivity contribution in [2.24, 2.45) is 5.92 Å². The lowest BCUT2D eigenvalue weighted by Gasteiger charge is -2.33. The highest BCUT2D eigenvalue weighted by Gasteiger charge is 2.26. The van der Waals surface area contributed by atoms with Crippen molar-refractivity contribution in [2.75, 3.05) is 27.3 Å². The van der Waals surface area contributed by atoms with E-state index in [4.69, 9.17) is 4.74 Å². The summed E-state index contributed by atoms with van der Waals surface area (Å²) in [6.45, 7) is 2.72. The molecular weight excluding hydrogens is 340 g/mol. The van der Waals surface area contributed by atoms with Gasteiger partial charge >= 0.3 is 0 Å². The van der Waals surface area contributed by atoms with Crippen LogP contribution in [0.3, 0.4) is 0 Å². The number of rotatable bonds is 7. The first-order valence-electron chi connectivity index (χ1n) is 8.71. The number of benzene rings is 1. The highest BCUT2D eigenvalue weighted by Crippen LogP contribution is 2.27. The van der Waals surface area contributed by atoms with Gasteiger partial charge in [0, 0.05) is 32.3 Å². The molecule has 1 fully saturated rings. The largest absolute Gasteiger partial charge is 0.383 e. The molecule has 25 heavy (non-hydrogen) atoms. The monoisotopic (exact) mass is 368 g/mol. The number of sulfonamides is 1. The Hall–Kier alpha value is -1.44. The van der Waals surface area contributed by atoms with Crippen LogP contribution in [0, 0.1) is 5.92 Å². The highest BCUT2D eigenvalue weighted by molar-refractivity contribution is 7.89. The number of methoxy groups -OCH3 is 1. The lowest BCUT2D eigenvalue weighted by molar-refractivity contribution is 0.0679. The topological polar surface area (TPSA) is 75.7 Å². The summed E-state index contributed by atoms with van der Waals surface area (Å²) < 4.78 is 31.9. The summed E-state index contributed by atoms with van der Waals surface area (Å²) in [6.07, 6.45) is 4.25. The summed E-state index contributed by atoms with van der Waals surface area (Å²) >= 11 is 0. The van der Waals surface area contributed by atoms with Crippen LogP contribution in [0.25, 0.3) is 0 Å². The maximum Gasteiger partial charge on any atom is 0.253 e. The van der Waals surface area contributed by atoms with Crippen LogP contribution >= 0.6 is 0 Å². The number of ether oxygens (including phenoxy) is 1. The summed E-state index contributed by atoms with van der Waals surface area (Å²) in [6, 6.07) is 6.44. The lowest BCUT2D eigenvalue weighted by atomic mass is 9.86. The van der Waals surface area contributed by atoms with Crippen LogP contribution in [0.4, 0.5) is 0 Å². The molecule has 0 spiro atoms. The Morgan fingerprint density at radius 3 is 2.60 bits per heavy atom. The number of amides is 1. The van der Waals surface area contributed by atoms with Gasteiger partial charge in [-0.25, -0.2) is 13.1 Å².